The Morgan fingerprint density at radius 2 is 1.44 bits per heavy atom. The molecule has 0 aromatic heterocycles. The molecule has 1 saturated carbocycles. The van der Waals surface area contributed by atoms with E-state index in [0.717, 1.165) is 19.5 Å². The molecule has 0 aliphatic heterocycles. The molecule has 0 amide bonds. The number of ether oxygens (including phenoxy) is 1. The second-order valence-corrected chi connectivity index (χ2v) is 7.65. The van der Waals surface area contributed by atoms with Crippen LogP contribution in [0.3, 0.4) is 0 Å². The van der Waals surface area contributed by atoms with Crippen LogP contribution in [0.15, 0.2) is 60.7 Å². The number of rotatable bonds is 8. The molecule has 144 valence electrons. The van der Waals surface area contributed by atoms with Crippen LogP contribution in [0.4, 0.5) is 0 Å². The van der Waals surface area contributed by atoms with Crippen LogP contribution in [0, 0.1) is 5.92 Å². The first kappa shape index (κ1) is 19.6. The van der Waals surface area contributed by atoms with E-state index in [0.29, 0.717) is 5.92 Å². The summed E-state index contributed by atoms with van der Waals surface area (Å²) < 4.78 is 5.23. The summed E-state index contributed by atoms with van der Waals surface area (Å²) in [5.41, 5.74) is 2.46. The third-order valence-corrected chi connectivity index (χ3v) is 5.65. The van der Waals surface area contributed by atoms with Crippen molar-refractivity contribution < 1.29 is 9.53 Å². The van der Waals surface area contributed by atoms with Gasteiger partial charge in [-0.05, 0) is 23.5 Å². The average molecular weight is 366 g/mol. The number of carbonyl (C=O) groups is 1. The first-order valence-electron chi connectivity index (χ1n) is 10.2. The van der Waals surface area contributed by atoms with Gasteiger partial charge in [0.15, 0.2) is 0 Å². The Kier molecular flexibility index (Phi) is 7.46. The van der Waals surface area contributed by atoms with Crippen molar-refractivity contribution in [3.8, 4) is 0 Å². The molecule has 0 heterocycles. The van der Waals surface area contributed by atoms with Crippen molar-refractivity contribution >= 4 is 5.97 Å². The summed E-state index contributed by atoms with van der Waals surface area (Å²) >= 11 is 0. The molecule has 2 aromatic carbocycles. The summed E-state index contributed by atoms with van der Waals surface area (Å²) in [6.07, 6.45) is 7.27. The third kappa shape index (κ3) is 5.93. The highest BCUT2D eigenvalue weighted by Gasteiger charge is 2.30. The van der Waals surface area contributed by atoms with E-state index in [2.05, 4.69) is 53.4 Å². The van der Waals surface area contributed by atoms with Crippen LogP contribution in [0.2, 0.25) is 0 Å². The van der Waals surface area contributed by atoms with Crippen molar-refractivity contribution in [2.45, 2.75) is 57.7 Å². The Morgan fingerprint density at radius 1 is 0.926 bits per heavy atom. The van der Waals surface area contributed by atoms with Crippen LogP contribution in [0.25, 0.3) is 0 Å². The molecule has 2 aromatic rings. The van der Waals surface area contributed by atoms with Crippen molar-refractivity contribution in [1.82, 2.24) is 4.90 Å². The van der Waals surface area contributed by atoms with Gasteiger partial charge in [-0.3, -0.25) is 9.69 Å². The molecular formula is C24H31NO2. The molecule has 3 rings (SSSR count). The fraction of sp³-hybridized carbons (Fsp3) is 0.458. The number of hydrogen-bond donors (Lipinski definition) is 0. The summed E-state index contributed by atoms with van der Waals surface area (Å²) in [7, 11) is 1.51. The van der Waals surface area contributed by atoms with Crippen LogP contribution in [0.5, 0.6) is 0 Å². The van der Waals surface area contributed by atoms with Gasteiger partial charge in [0.2, 0.25) is 0 Å². The van der Waals surface area contributed by atoms with Crippen LogP contribution in [-0.2, 0) is 22.6 Å². The first-order chi connectivity index (χ1) is 13.3. The van der Waals surface area contributed by atoms with E-state index in [1.807, 2.05) is 12.1 Å². The van der Waals surface area contributed by atoms with Gasteiger partial charge in [-0.1, -0.05) is 92.8 Å². The molecule has 1 fully saturated rings. The van der Waals surface area contributed by atoms with Gasteiger partial charge in [-0.2, -0.15) is 0 Å². The molecule has 0 N–H and O–H groups in total. The minimum absolute atomic E-state index is 0.104. The summed E-state index contributed by atoms with van der Waals surface area (Å²) in [5, 5.41) is 0. The highest BCUT2D eigenvalue weighted by atomic mass is 16.5. The maximum absolute atomic E-state index is 12.7. The topological polar surface area (TPSA) is 29.5 Å². The Labute approximate surface area is 163 Å². The quantitative estimate of drug-likeness (QED) is 0.602. The fourth-order valence-electron chi connectivity index (χ4n) is 4.18. The van der Waals surface area contributed by atoms with E-state index in [4.69, 9.17) is 4.74 Å². The van der Waals surface area contributed by atoms with E-state index < -0.39 is 0 Å². The summed E-state index contributed by atoms with van der Waals surface area (Å²) in [5.74, 6) is 0.518. The molecule has 3 heteroatoms. The van der Waals surface area contributed by atoms with Crippen molar-refractivity contribution in [2.24, 2.45) is 5.92 Å². The number of esters is 1. The number of carbonyl (C=O) groups excluding carboxylic acids is 1. The second kappa shape index (κ2) is 10.3. The first-order valence-corrected chi connectivity index (χ1v) is 10.2. The van der Waals surface area contributed by atoms with Crippen LogP contribution < -0.4 is 0 Å². The van der Waals surface area contributed by atoms with E-state index in [1.165, 1.54) is 50.3 Å². The molecule has 1 aliphatic rings. The maximum Gasteiger partial charge on any atom is 0.323 e. The zero-order valence-corrected chi connectivity index (χ0v) is 16.3. The monoisotopic (exact) mass is 365 g/mol. The lowest BCUT2D eigenvalue weighted by molar-refractivity contribution is -0.148. The van der Waals surface area contributed by atoms with Crippen molar-refractivity contribution in [3.05, 3.63) is 71.8 Å². The van der Waals surface area contributed by atoms with Crippen molar-refractivity contribution in [2.75, 3.05) is 7.11 Å². The van der Waals surface area contributed by atoms with Gasteiger partial charge in [-0.25, -0.2) is 0 Å². The number of nitrogens with zero attached hydrogens (tertiary/aromatic N) is 1. The normalized spacial score (nSPS) is 16.2. The van der Waals surface area contributed by atoms with Gasteiger partial charge < -0.3 is 4.74 Å². The van der Waals surface area contributed by atoms with Gasteiger partial charge in [0.05, 0.1) is 7.11 Å². The highest BCUT2D eigenvalue weighted by Crippen LogP contribution is 2.30. The Bertz CT molecular complexity index is 639. The lowest BCUT2D eigenvalue weighted by Crippen LogP contribution is -2.42. The summed E-state index contributed by atoms with van der Waals surface area (Å²) in [6.45, 7) is 1.50. The summed E-state index contributed by atoms with van der Waals surface area (Å²) in [6, 6.07) is 20.6. The average Bonchev–Trinajstić information content (AvgIpc) is 2.73. The molecule has 27 heavy (non-hydrogen) atoms. The van der Waals surface area contributed by atoms with Gasteiger partial charge in [-0.15, -0.1) is 0 Å². The van der Waals surface area contributed by atoms with Gasteiger partial charge in [0.25, 0.3) is 0 Å². The molecule has 0 bridgehead atoms. The highest BCUT2D eigenvalue weighted by molar-refractivity contribution is 5.75. The third-order valence-electron chi connectivity index (χ3n) is 5.65. The number of hydrogen-bond acceptors (Lipinski definition) is 3. The van der Waals surface area contributed by atoms with E-state index in [9.17, 15) is 4.79 Å². The fourth-order valence-corrected chi connectivity index (χ4v) is 4.18. The lowest BCUT2D eigenvalue weighted by Gasteiger charge is -2.33. The number of benzene rings is 2. The van der Waals surface area contributed by atoms with Crippen LogP contribution in [0.1, 0.15) is 49.7 Å². The van der Waals surface area contributed by atoms with Gasteiger partial charge >= 0.3 is 5.97 Å². The second-order valence-electron chi connectivity index (χ2n) is 7.65. The molecule has 0 saturated heterocycles. The predicted molar refractivity (Wildman–Crippen MR) is 109 cm³/mol. The lowest BCUT2D eigenvalue weighted by atomic mass is 9.84. The van der Waals surface area contributed by atoms with E-state index in [1.54, 1.807) is 0 Å². The van der Waals surface area contributed by atoms with Crippen molar-refractivity contribution in [1.29, 1.82) is 0 Å². The van der Waals surface area contributed by atoms with Crippen LogP contribution in [-0.4, -0.2) is 24.0 Å². The SMILES string of the molecule is COC(=O)C(CC1CCCCC1)N(Cc1ccccc1)Cc1ccccc1. The van der Waals surface area contributed by atoms with Crippen LogP contribution >= 0.6 is 0 Å². The van der Waals surface area contributed by atoms with Gasteiger partial charge in [0.1, 0.15) is 6.04 Å². The zero-order valence-electron chi connectivity index (χ0n) is 16.3. The Hall–Kier alpha value is -2.13. The summed E-state index contributed by atoms with van der Waals surface area (Å²) in [4.78, 5) is 15.0. The van der Waals surface area contributed by atoms with E-state index >= 15 is 0 Å². The molecule has 0 spiro atoms. The van der Waals surface area contributed by atoms with Gasteiger partial charge in [0, 0.05) is 13.1 Å². The minimum atomic E-state index is -0.196. The van der Waals surface area contributed by atoms with E-state index in [-0.39, 0.29) is 12.0 Å². The number of methoxy groups -OCH3 is 1. The van der Waals surface area contributed by atoms with Crippen molar-refractivity contribution in [3.63, 3.8) is 0 Å². The molecule has 1 unspecified atom stereocenters. The molecular weight excluding hydrogens is 334 g/mol. The molecule has 1 atom stereocenters. The largest absolute Gasteiger partial charge is 0.468 e. The smallest absolute Gasteiger partial charge is 0.323 e. The maximum atomic E-state index is 12.7. The Morgan fingerprint density at radius 3 is 1.93 bits per heavy atom. The molecule has 1 aliphatic carbocycles. The minimum Gasteiger partial charge on any atom is -0.468 e. The molecule has 3 nitrogen and oxygen atoms in total. The standard InChI is InChI=1S/C24H31NO2/c1-27-24(26)23(17-20-11-5-2-6-12-20)25(18-21-13-7-3-8-14-21)19-22-15-9-4-10-16-22/h3-4,7-10,13-16,20,23H,2,5-6,11-12,17-19H2,1H3. The predicted octanol–water partition coefficient (Wildman–Crippen LogP) is 5.20. The Balaban J connectivity index is 1.82. The molecule has 0 radical (unpaired) electrons. The zero-order chi connectivity index (χ0) is 18.9.